The van der Waals surface area contributed by atoms with Crippen LogP contribution in [0.4, 0.5) is 5.69 Å². The minimum Gasteiger partial charge on any atom is -0.506 e. The first-order valence-corrected chi connectivity index (χ1v) is 6.16. The summed E-state index contributed by atoms with van der Waals surface area (Å²) in [5.41, 5.74) is 0.648. The SMILES string of the molecule is CC(=O)NC(=S)Nc1cc(Br)c(O)c(Br)c1. The van der Waals surface area contributed by atoms with Crippen LogP contribution in [0.1, 0.15) is 6.92 Å². The number of hydrogen-bond donors (Lipinski definition) is 3. The molecule has 0 aliphatic carbocycles. The van der Waals surface area contributed by atoms with E-state index >= 15 is 0 Å². The van der Waals surface area contributed by atoms with Crippen LogP contribution in [0, 0.1) is 0 Å². The van der Waals surface area contributed by atoms with Gasteiger partial charge in [-0.1, -0.05) is 0 Å². The van der Waals surface area contributed by atoms with Gasteiger partial charge in [0.25, 0.3) is 0 Å². The van der Waals surface area contributed by atoms with Crippen LogP contribution in [0.3, 0.4) is 0 Å². The van der Waals surface area contributed by atoms with Crippen LogP contribution in [0.5, 0.6) is 5.75 Å². The van der Waals surface area contributed by atoms with Gasteiger partial charge in [0.15, 0.2) is 5.11 Å². The average molecular weight is 368 g/mol. The summed E-state index contributed by atoms with van der Waals surface area (Å²) in [5.74, 6) is -0.134. The van der Waals surface area contributed by atoms with Gasteiger partial charge in [-0.25, -0.2) is 0 Å². The molecule has 0 atom stereocenters. The average Bonchev–Trinajstić information content (AvgIpc) is 2.12. The smallest absolute Gasteiger partial charge is 0.222 e. The fourth-order valence-corrected chi connectivity index (χ4v) is 2.41. The lowest BCUT2D eigenvalue weighted by atomic mass is 10.3. The first-order valence-electron chi connectivity index (χ1n) is 4.16. The minimum absolute atomic E-state index is 0.107. The molecule has 0 fully saturated rings. The van der Waals surface area contributed by atoms with Crippen LogP contribution in [-0.2, 0) is 4.79 Å². The predicted octanol–water partition coefficient (Wildman–Crippen LogP) is 2.75. The molecule has 4 nitrogen and oxygen atoms in total. The Bertz CT molecular complexity index is 428. The van der Waals surface area contributed by atoms with Crippen molar-refractivity contribution in [1.82, 2.24) is 5.32 Å². The number of halogens is 2. The lowest BCUT2D eigenvalue weighted by Gasteiger charge is -2.10. The molecule has 0 spiro atoms. The van der Waals surface area contributed by atoms with Crippen molar-refractivity contribution in [2.24, 2.45) is 0 Å². The summed E-state index contributed by atoms with van der Waals surface area (Å²) in [6, 6.07) is 3.29. The second-order valence-corrected chi connectivity index (χ2v) is 5.04. The van der Waals surface area contributed by atoms with E-state index in [1.54, 1.807) is 12.1 Å². The number of hydrogen-bond acceptors (Lipinski definition) is 3. The molecular weight excluding hydrogens is 360 g/mol. The molecule has 7 heteroatoms. The lowest BCUT2D eigenvalue weighted by Crippen LogP contribution is -2.32. The fourth-order valence-electron chi connectivity index (χ4n) is 0.960. The zero-order valence-corrected chi connectivity index (χ0v) is 12.2. The number of nitrogens with one attached hydrogen (secondary N) is 2. The highest BCUT2D eigenvalue weighted by Crippen LogP contribution is 2.35. The molecule has 0 unspecified atom stereocenters. The van der Waals surface area contributed by atoms with Gasteiger partial charge >= 0.3 is 0 Å². The third-order valence-electron chi connectivity index (χ3n) is 1.56. The second kappa shape index (κ2) is 5.60. The van der Waals surface area contributed by atoms with Gasteiger partial charge in [0, 0.05) is 12.6 Å². The summed E-state index contributed by atoms with van der Waals surface area (Å²) in [4.78, 5) is 10.7. The molecule has 16 heavy (non-hydrogen) atoms. The standard InChI is InChI=1S/C9H8Br2N2O2S/c1-4(14)12-9(16)13-5-2-6(10)8(15)7(11)3-5/h2-3,15H,1H3,(H2,12,13,14,16). The van der Waals surface area contributed by atoms with E-state index in [0.29, 0.717) is 14.6 Å². The van der Waals surface area contributed by atoms with E-state index in [1.807, 2.05) is 0 Å². The Labute approximate surface area is 115 Å². The van der Waals surface area contributed by atoms with Gasteiger partial charge < -0.3 is 15.7 Å². The van der Waals surface area contributed by atoms with Crippen molar-refractivity contribution >= 4 is 60.8 Å². The summed E-state index contributed by atoms with van der Waals surface area (Å²) in [7, 11) is 0. The van der Waals surface area contributed by atoms with Gasteiger partial charge in [0.1, 0.15) is 5.75 Å². The molecule has 0 saturated carbocycles. The zero-order chi connectivity index (χ0) is 12.3. The number of amides is 1. The maximum Gasteiger partial charge on any atom is 0.222 e. The van der Waals surface area contributed by atoms with E-state index in [-0.39, 0.29) is 16.8 Å². The molecule has 1 rings (SSSR count). The van der Waals surface area contributed by atoms with Crippen molar-refractivity contribution in [3.63, 3.8) is 0 Å². The number of phenols is 1. The third-order valence-corrected chi connectivity index (χ3v) is 2.98. The molecule has 0 bridgehead atoms. The van der Waals surface area contributed by atoms with Crippen LogP contribution in [0.2, 0.25) is 0 Å². The molecule has 0 aromatic heterocycles. The predicted molar refractivity (Wildman–Crippen MR) is 73.5 cm³/mol. The number of thiocarbonyl (C=S) groups is 1. The topological polar surface area (TPSA) is 61.4 Å². The van der Waals surface area contributed by atoms with Crippen LogP contribution in [0.15, 0.2) is 21.1 Å². The summed E-state index contributed by atoms with van der Waals surface area (Å²) in [5, 5.41) is 14.9. The molecule has 86 valence electrons. The molecular formula is C9H8Br2N2O2S. The summed E-state index contributed by atoms with van der Waals surface area (Å²) < 4.78 is 1.05. The maximum atomic E-state index is 10.7. The van der Waals surface area contributed by atoms with E-state index in [2.05, 4.69) is 42.5 Å². The van der Waals surface area contributed by atoms with Crippen molar-refractivity contribution in [2.75, 3.05) is 5.32 Å². The Morgan fingerprint density at radius 1 is 1.38 bits per heavy atom. The van der Waals surface area contributed by atoms with Crippen molar-refractivity contribution in [3.8, 4) is 5.75 Å². The first-order chi connectivity index (χ1) is 7.40. The van der Waals surface area contributed by atoms with Crippen LogP contribution < -0.4 is 10.6 Å². The Balaban J connectivity index is 2.82. The molecule has 1 aromatic rings. The highest BCUT2D eigenvalue weighted by Gasteiger charge is 2.07. The number of phenolic OH excluding ortho intramolecular Hbond substituents is 1. The van der Waals surface area contributed by atoms with E-state index < -0.39 is 0 Å². The Morgan fingerprint density at radius 2 is 1.88 bits per heavy atom. The lowest BCUT2D eigenvalue weighted by molar-refractivity contribution is -0.117. The van der Waals surface area contributed by atoms with Gasteiger partial charge in [-0.3, -0.25) is 4.79 Å². The van der Waals surface area contributed by atoms with Crippen molar-refractivity contribution < 1.29 is 9.90 Å². The summed E-state index contributed by atoms with van der Waals surface area (Å²) >= 11 is 11.3. The van der Waals surface area contributed by atoms with Gasteiger partial charge in [-0.15, -0.1) is 0 Å². The van der Waals surface area contributed by atoms with E-state index in [1.165, 1.54) is 6.92 Å². The van der Waals surface area contributed by atoms with Crippen molar-refractivity contribution in [3.05, 3.63) is 21.1 Å². The maximum absolute atomic E-state index is 10.7. The molecule has 0 aliphatic rings. The van der Waals surface area contributed by atoms with E-state index in [0.717, 1.165) is 0 Å². The quantitative estimate of drug-likeness (QED) is 0.527. The highest BCUT2D eigenvalue weighted by molar-refractivity contribution is 9.11. The molecule has 3 N–H and O–H groups in total. The number of rotatable bonds is 1. The summed E-state index contributed by atoms with van der Waals surface area (Å²) in [6.07, 6.45) is 0. The Morgan fingerprint density at radius 3 is 2.31 bits per heavy atom. The monoisotopic (exact) mass is 366 g/mol. The van der Waals surface area contributed by atoms with Crippen LogP contribution in [-0.4, -0.2) is 16.1 Å². The van der Waals surface area contributed by atoms with Gasteiger partial charge in [-0.05, 0) is 56.2 Å². The molecule has 0 saturated heterocycles. The molecule has 1 amide bonds. The van der Waals surface area contributed by atoms with Crippen LogP contribution in [0.25, 0.3) is 0 Å². The normalized spacial score (nSPS) is 9.69. The van der Waals surface area contributed by atoms with Gasteiger partial charge in [0.2, 0.25) is 5.91 Å². The van der Waals surface area contributed by atoms with Gasteiger partial charge in [-0.2, -0.15) is 0 Å². The van der Waals surface area contributed by atoms with E-state index in [4.69, 9.17) is 12.2 Å². The number of anilines is 1. The Hall–Kier alpha value is -0.660. The second-order valence-electron chi connectivity index (χ2n) is 2.92. The largest absolute Gasteiger partial charge is 0.506 e. The van der Waals surface area contributed by atoms with E-state index in [9.17, 15) is 9.90 Å². The molecule has 0 aliphatic heterocycles. The molecule has 1 aromatic carbocycles. The zero-order valence-electron chi connectivity index (χ0n) is 8.17. The molecule has 0 heterocycles. The molecule has 0 radical (unpaired) electrons. The minimum atomic E-state index is -0.241. The number of benzene rings is 1. The number of carbonyl (C=O) groups excluding carboxylic acids is 1. The number of aromatic hydroxyl groups is 1. The summed E-state index contributed by atoms with van der Waals surface area (Å²) in [6.45, 7) is 1.37. The Kier molecular flexibility index (Phi) is 4.69. The van der Waals surface area contributed by atoms with Crippen molar-refractivity contribution in [1.29, 1.82) is 0 Å². The van der Waals surface area contributed by atoms with Gasteiger partial charge in [0.05, 0.1) is 8.95 Å². The highest BCUT2D eigenvalue weighted by atomic mass is 79.9. The van der Waals surface area contributed by atoms with Crippen molar-refractivity contribution in [2.45, 2.75) is 6.92 Å². The fraction of sp³-hybridized carbons (Fsp3) is 0.111. The number of carbonyl (C=O) groups is 1. The van der Waals surface area contributed by atoms with Crippen LogP contribution >= 0.6 is 44.1 Å². The first kappa shape index (κ1) is 13.4. The third kappa shape index (κ3) is 3.73.